The number of aliphatic hydroxyl groups excluding tert-OH is 2. The molecule has 2 saturated carbocycles. The van der Waals surface area contributed by atoms with Crippen LogP contribution in [0.15, 0.2) is 47.6 Å². The maximum atomic E-state index is 15.5. The van der Waals surface area contributed by atoms with Gasteiger partial charge in [0.1, 0.15) is 47.4 Å². The van der Waals surface area contributed by atoms with E-state index in [0.29, 0.717) is 0 Å². The number of hydrogen-bond acceptors (Lipinski definition) is 16. The normalized spacial score (nSPS) is 36.8. The molecule has 4 N–H and O–H groups in total. The van der Waals surface area contributed by atoms with E-state index in [-0.39, 0.29) is 54.9 Å². The average molecular weight is 856 g/mol. The number of ketones is 1. The van der Waals surface area contributed by atoms with Crippen LogP contribution in [0.3, 0.4) is 0 Å². The molecule has 17 nitrogen and oxygen atoms in total. The number of Topliss-reactive ketones (excluding diaryl/α,β-unsaturated/α-hetero) is 1. The van der Waals surface area contributed by atoms with E-state index in [9.17, 15) is 39.3 Å². The topological polar surface area (TPSA) is 240 Å². The zero-order chi connectivity index (χ0) is 45.0. The molecule has 11 unspecified atom stereocenters. The van der Waals surface area contributed by atoms with Gasteiger partial charge in [-0.05, 0) is 70.7 Å². The highest BCUT2D eigenvalue weighted by atomic mass is 16.6. The molecule has 11 atom stereocenters. The Morgan fingerprint density at radius 2 is 1.66 bits per heavy atom. The molecule has 1 saturated heterocycles. The summed E-state index contributed by atoms with van der Waals surface area (Å²) in [6.45, 7) is 12.8. The van der Waals surface area contributed by atoms with Crippen LogP contribution in [0.4, 0.5) is 4.79 Å². The molecule has 0 spiro atoms. The monoisotopic (exact) mass is 855 g/mol. The lowest BCUT2D eigenvalue weighted by atomic mass is 9.44. The molecule has 3 fully saturated rings. The maximum absolute atomic E-state index is 15.5. The molecule has 1 aromatic carbocycles. The summed E-state index contributed by atoms with van der Waals surface area (Å²) in [5.41, 5.74) is -8.80. The zero-order valence-electron chi connectivity index (χ0n) is 36.0. The molecule has 1 aromatic rings. The maximum Gasteiger partial charge on any atom is 0.407 e. The number of allylic oxidation sites excluding steroid dienone is 1. The summed E-state index contributed by atoms with van der Waals surface area (Å²) in [5.74, 6) is -6.28. The van der Waals surface area contributed by atoms with E-state index >= 15 is 4.79 Å². The number of alkyl carbamates (subject to hydrolysis) is 1. The van der Waals surface area contributed by atoms with Crippen molar-refractivity contribution in [3.05, 3.63) is 53.1 Å². The largest absolute Gasteiger partial charge is 0.489 e. The second-order valence-electron chi connectivity index (χ2n) is 18.4. The molecule has 17 heteroatoms. The van der Waals surface area contributed by atoms with Crippen LogP contribution in [0, 0.1) is 16.7 Å². The van der Waals surface area contributed by atoms with Crippen molar-refractivity contribution in [3.63, 3.8) is 0 Å². The number of carbonyl (C=O) groups excluding carboxylic acids is 6. The molecule has 1 amide bonds. The van der Waals surface area contributed by atoms with Gasteiger partial charge in [-0.3, -0.25) is 14.4 Å². The van der Waals surface area contributed by atoms with Crippen molar-refractivity contribution in [2.75, 3.05) is 13.2 Å². The summed E-state index contributed by atoms with van der Waals surface area (Å²) < 4.78 is 41.7. The Morgan fingerprint density at radius 1 is 0.967 bits per heavy atom. The van der Waals surface area contributed by atoms with E-state index in [1.807, 2.05) is 0 Å². The fourth-order valence-corrected chi connectivity index (χ4v) is 9.94. The third-order valence-electron chi connectivity index (χ3n) is 13.0. The minimum absolute atomic E-state index is 0.0121. The molecule has 2 heterocycles. The summed E-state index contributed by atoms with van der Waals surface area (Å²) >= 11 is 0. The van der Waals surface area contributed by atoms with Gasteiger partial charge in [-0.25, -0.2) is 14.4 Å². The van der Waals surface area contributed by atoms with Crippen LogP contribution in [0.2, 0.25) is 0 Å². The first kappa shape index (κ1) is 45.7. The number of esters is 4. The number of rotatable bonds is 3. The Hall–Kier alpha value is -4.84. The highest BCUT2D eigenvalue weighted by molar-refractivity contribution is 5.96. The van der Waals surface area contributed by atoms with Crippen molar-refractivity contribution < 1.29 is 77.2 Å². The number of ether oxygens (including phenoxy) is 7. The Morgan fingerprint density at radius 3 is 2.28 bits per heavy atom. The van der Waals surface area contributed by atoms with Gasteiger partial charge in [0.25, 0.3) is 0 Å². The van der Waals surface area contributed by atoms with Gasteiger partial charge in [0.05, 0.1) is 30.1 Å². The summed E-state index contributed by atoms with van der Waals surface area (Å²) in [6, 6.07) is 4.94. The van der Waals surface area contributed by atoms with Crippen molar-refractivity contribution in [2.45, 2.75) is 147 Å². The van der Waals surface area contributed by atoms with Gasteiger partial charge >= 0.3 is 30.0 Å². The zero-order valence-corrected chi connectivity index (χ0v) is 36.0. The van der Waals surface area contributed by atoms with Crippen LogP contribution < -0.4 is 10.1 Å². The lowest BCUT2D eigenvalue weighted by Gasteiger charge is -2.67. The summed E-state index contributed by atoms with van der Waals surface area (Å²) in [5, 5.41) is 39.9. The molecule has 5 aliphatic rings. The molecule has 334 valence electrons. The van der Waals surface area contributed by atoms with Crippen molar-refractivity contribution in [1.82, 2.24) is 5.32 Å². The fourth-order valence-electron chi connectivity index (χ4n) is 9.94. The van der Waals surface area contributed by atoms with E-state index in [1.165, 1.54) is 26.0 Å². The number of fused-ring (bicyclic) bond motifs is 7. The van der Waals surface area contributed by atoms with Crippen LogP contribution in [-0.2, 0) is 47.6 Å². The highest BCUT2D eigenvalue weighted by Crippen LogP contribution is 2.64. The first-order valence-corrected chi connectivity index (χ1v) is 20.5. The van der Waals surface area contributed by atoms with Gasteiger partial charge in [0.2, 0.25) is 0 Å². The van der Waals surface area contributed by atoms with Crippen molar-refractivity contribution in [3.8, 4) is 5.75 Å². The predicted molar refractivity (Wildman–Crippen MR) is 212 cm³/mol. The number of amides is 1. The molecular formula is C44H57NO16. The second-order valence-corrected chi connectivity index (χ2v) is 18.4. The number of para-hydroxylation sites is 1. The van der Waals surface area contributed by atoms with E-state index < -0.39 is 118 Å². The van der Waals surface area contributed by atoms with Crippen molar-refractivity contribution in [2.24, 2.45) is 16.7 Å². The molecule has 6 rings (SSSR count). The molecule has 3 bridgehead atoms. The van der Waals surface area contributed by atoms with Gasteiger partial charge in [0.15, 0.2) is 23.6 Å². The summed E-state index contributed by atoms with van der Waals surface area (Å²) in [6.07, 6.45) is -7.90. The first-order chi connectivity index (χ1) is 28.4. The standard InChI is InChI=1S/C44H57NO16/c1-22-28-20-44(54)36(34-42(9,29(48)19-30-43(34,21-56-30)60-24(3)47)35(50)33(57-23(2)46)31(22)41(44,7)8)59-37(51)25-15-12-13-17-27(25)55-18-14-10-11-16-26(32(49)38(52)58-28)45-39(53)61-40(4,5)6/h10,12-15,17,26,28-30,32-34,36,48-49,54H,11,16,18-21H2,1-9H3,(H,45,53)/b14-10-. The van der Waals surface area contributed by atoms with Gasteiger partial charge in [-0.2, -0.15) is 0 Å². The van der Waals surface area contributed by atoms with Gasteiger partial charge in [-0.15, -0.1) is 0 Å². The number of benzene rings is 1. The number of aliphatic hydroxyl groups is 3. The number of nitrogens with one attached hydrogen (secondary N) is 1. The van der Waals surface area contributed by atoms with Crippen LogP contribution in [0.1, 0.15) is 98.4 Å². The van der Waals surface area contributed by atoms with Crippen molar-refractivity contribution in [1.29, 1.82) is 0 Å². The number of carbonyl (C=O) groups is 6. The smallest absolute Gasteiger partial charge is 0.407 e. The van der Waals surface area contributed by atoms with Crippen LogP contribution in [0.5, 0.6) is 5.75 Å². The summed E-state index contributed by atoms with van der Waals surface area (Å²) in [4.78, 5) is 83.2. The van der Waals surface area contributed by atoms with Crippen LogP contribution in [0.25, 0.3) is 0 Å². The minimum Gasteiger partial charge on any atom is -0.489 e. The van der Waals surface area contributed by atoms with Crippen LogP contribution in [-0.4, -0.2) is 124 Å². The summed E-state index contributed by atoms with van der Waals surface area (Å²) in [7, 11) is 0. The highest BCUT2D eigenvalue weighted by Gasteiger charge is 2.78. The Bertz CT molecular complexity index is 2020. The van der Waals surface area contributed by atoms with E-state index in [0.717, 1.165) is 13.8 Å². The Kier molecular flexibility index (Phi) is 12.3. The average Bonchev–Trinajstić information content (AvgIpc) is 3.15. The van der Waals surface area contributed by atoms with Gasteiger partial charge in [-0.1, -0.05) is 38.1 Å². The first-order valence-electron chi connectivity index (χ1n) is 20.5. The Balaban J connectivity index is 1.61. The second kappa shape index (κ2) is 16.5. The van der Waals surface area contributed by atoms with Gasteiger partial charge in [0, 0.05) is 32.1 Å². The van der Waals surface area contributed by atoms with E-state index in [4.69, 9.17) is 33.2 Å². The lowest BCUT2D eigenvalue weighted by Crippen LogP contribution is -2.82. The van der Waals surface area contributed by atoms with Crippen molar-refractivity contribution >= 4 is 35.8 Å². The SMILES string of the molecule is CC(=O)OC1C(=O)C2(C)C(O)CC3OCC3(OC(C)=O)C2C2OC(=O)c3ccccc3OC/C=C\CCC(NC(=O)OC(C)(C)C)C(O)C(=O)OC3CC2(O)C(C)(C)C1=C3C. The molecule has 2 aliphatic heterocycles. The molecule has 61 heavy (non-hydrogen) atoms. The van der Waals surface area contributed by atoms with E-state index in [2.05, 4.69) is 5.32 Å². The van der Waals surface area contributed by atoms with Crippen LogP contribution >= 0.6 is 0 Å². The lowest BCUT2D eigenvalue weighted by molar-refractivity contribution is -0.346. The predicted octanol–water partition coefficient (Wildman–Crippen LogP) is 3.19. The molecule has 0 radical (unpaired) electrons. The van der Waals surface area contributed by atoms with E-state index in [1.54, 1.807) is 58.9 Å². The molecular weight excluding hydrogens is 798 g/mol. The number of hydrogen-bond donors (Lipinski definition) is 4. The molecule has 3 aliphatic carbocycles. The fraction of sp³-hybridized carbons (Fsp3) is 0.636. The third kappa shape index (κ3) is 8.05. The quantitative estimate of drug-likeness (QED) is 0.194. The Labute approximate surface area is 354 Å². The molecule has 0 aromatic heterocycles. The minimum atomic E-state index is -2.42. The van der Waals surface area contributed by atoms with Gasteiger partial charge < -0.3 is 53.8 Å². The third-order valence-corrected chi connectivity index (χ3v) is 13.0.